The molecule has 358 valence electrons. The maximum atomic E-state index is 15.5. The second kappa shape index (κ2) is 20.1. The van der Waals surface area contributed by atoms with Gasteiger partial charge in [-0.05, 0) is 100 Å². The van der Waals surface area contributed by atoms with Gasteiger partial charge in [-0.1, -0.05) is 26.8 Å². The molecule has 0 bridgehead atoms. The van der Waals surface area contributed by atoms with E-state index in [4.69, 9.17) is 0 Å². The lowest BCUT2D eigenvalue weighted by atomic mass is 9.90. The molecule has 0 spiro atoms. The van der Waals surface area contributed by atoms with Gasteiger partial charge in [0.05, 0.1) is 34.2 Å². The number of carbonyl (C=O) groups excluding carboxylic acids is 2. The number of anilines is 2. The molecule has 0 aliphatic carbocycles. The molecule has 1 atom stereocenters. The third-order valence-corrected chi connectivity index (χ3v) is 13.2. The molecule has 0 fully saturated rings. The summed E-state index contributed by atoms with van der Waals surface area (Å²) >= 11 is 0. The maximum Gasteiger partial charge on any atom is 0.333 e. The van der Waals surface area contributed by atoms with Gasteiger partial charge < -0.3 is 20.4 Å². The summed E-state index contributed by atoms with van der Waals surface area (Å²) in [7, 11) is 3.25. The van der Waals surface area contributed by atoms with Crippen molar-refractivity contribution in [3.05, 3.63) is 107 Å². The Morgan fingerprint density at radius 2 is 1.19 bits per heavy atom. The average molecular weight is 964 g/mol. The summed E-state index contributed by atoms with van der Waals surface area (Å²) in [6, 6.07) is 10.6. The van der Waals surface area contributed by atoms with Crippen LogP contribution in [-0.2, 0) is 60.7 Å². The molecule has 0 radical (unpaired) electrons. The molecule has 2 aromatic carbocycles. The Labute approximate surface area is 388 Å². The number of rotatable bonds is 17. The first-order valence-electron chi connectivity index (χ1n) is 21.1. The van der Waals surface area contributed by atoms with Crippen LogP contribution in [-0.4, -0.2) is 101 Å². The predicted octanol–water partition coefficient (Wildman–Crippen LogP) is 5.90. The number of amides is 4. The lowest BCUT2D eigenvalue weighted by Gasteiger charge is -2.21. The zero-order chi connectivity index (χ0) is 49.1. The van der Waals surface area contributed by atoms with Crippen molar-refractivity contribution in [3.8, 4) is 22.4 Å². The molecule has 4 amide bonds. The van der Waals surface area contributed by atoms with Crippen LogP contribution in [0.3, 0.4) is 0 Å². The lowest BCUT2D eigenvalue weighted by Crippen LogP contribution is -2.35. The number of nitrogens with one attached hydrogen (secondary N) is 4. The molecule has 4 heterocycles. The topological polar surface area (TPSA) is 223 Å². The van der Waals surface area contributed by atoms with Crippen LogP contribution < -0.4 is 20.1 Å². The van der Waals surface area contributed by atoms with E-state index in [1.807, 2.05) is 54.4 Å². The number of benzene rings is 2. The molecule has 4 aromatic heterocycles. The third kappa shape index (κ3) is 11.9. The fourth-order valence-corrected chi connectivity index (χ4v) is 9.38. The predicted molar refractivity (Wildman–Crippen MR) is 249 cm³/mol. The molecule has 4 N–H and O–H groups in total. The van der Waals surface area contributed by atoms with Gasteiger partial charge in [0.1, 0.15) is 11.6 Å². The minimum atomic E-state index is -4.44. The maximum absolute atomic E-state index is 15.5. The standard InChI is InChI=1S/C44H55F2N13O6S2/c1-26(2)34-16-29(45)19-37(41(34)48-43(60)53-66(62,63)39-21-32(24-55(4)5)57(8)51-39)38-20-31(50-59(38)10)14-13-27(3)35-17-30(46)18-36(28-12-11-15-47-23-28)42(35)49-44(61)54-67(64,65)40-22-33(25-56(6)7)58(9)52-40/h11-12,15-23,26-27H,13-14,24-25H2,1-10H3,(H2,48,53,60)(H2,49,54,61). The van der Waals surface area contributed by atoms with E-state index < -0.39 is 49.7 Å². The van der Waals surface area contributed by atoms with E-state index in [1.165, 1.54) is 62.8 Å². The molecule has 1 unspecified atom stereocenters. The van der Waals surface area contributed by atoms with Gasteiger partial charge in [-0.3, -0.25) is 19.0 Å². The van der Waals surface area contributed by atoms with E-state index in [2.05, 4.69) is 30.9 Å². The first kappa shape index (κ1) is 49.9. The first-order chi connectivity index (χ1) is 31.4. The van der Waals surface area contributed by atoms with Crippen LogP contribution in [0.1, 0.15) is 67.2 Å². The highest BCUT2D eigenvalue weighted by atomic mass is 32.2. The summed E-state index contributed by atoms with van der Waals surface area (Å²) in [4.78, 5) is 34.9. The van der Waals surface area contributed by atoms with Gasteiger partial charge >= 0.3 is 12.1 Å². The highest BCUT2D eigenvalue weighted by molar-refractivity contribution is 7.90. The fourth-order valence-electron chi connectivity index (χ4n) is 7.54. The first-order valence-corrected chi connectivity index (χ1v) is 24.0. The van der Waals surface area contributed by atoms with Crippen molar-refractivity contribution >= 4 is 43.5 Å². The highest BCUT2D eigenvalue weighted by Crippen LogP contribution is 2.39. The summed E-state index contributed by atoms with van der Waals surface area (Å²) in [5.74, 6) is -2.00. The molecular weight excluding hydrogens is 909 g/mol. The van der Waals surface area contributed by atoms with E-state index in [-0.39, 0.29) is 44.9 Å². The van der Waals surface area contributed by atoms with Crippen molar-refractivity contribution < 1.29 is 35.2 Å². The largest absolute Gasteiger partial charge is 0.333 e. The number of hydrogen-bond acceptors (Lipinski definition) is 12. The third-order valence-electron chi connectivity index (χ3n) is 10.8. The van der Waals surface area contributed by atoms with E-state index >= 15 is 8.78 Å². The minimum Gasteiger partial charge on any atom is -0.306 e. The van der Waals surface area contributed by atoms with Crippen LogP contribution in [0.4, 0.5) is 29.7 Å². The van der Waals surface area contributed by atoms with Crippen LogP contribution in [0.15, 0.2) is 77.0 Å². The van der Waals surface area contributed by atoms with E-state index in [0.29, 0.717) is 59.0 Å². The van der Waals surface area contributed by atoms with Gasteiger partial charge in [0.25, 0.3) is 20.0 Å². The van der Waals surface area contributed by atoms with Gasteiger partial charge in [0.15, 0.2) is 10.1 Å². The normalized spacial score (nSPS) is 12.5. The van der Waals surface area contributed by atoms with Crippen LogP contribution >= 0.6 is 0 Å². The van der Waals surface area contributed by atoms with Crippen molar-refractivity contribution in [2.75, 3.05) is 38.8 Å². The van der Waals surface area contributed by atoms with Crippen molar-refractivity contribution in [3.63, 3.8) is 0 Å². The lowest BCUT2D eigenvalue weighted by molar-refractivity contribution is 0.255. The Morgan fingerprint density at radius 3 is 1.69 bits per heavy atom. The second-order valence-electron chi connectivity index (χ2n) is 17.1. The summed E-state index contributed by atoms with van der Waals surface area (Å²) < 4.78 is 92.7. The van der Waals surface area contributed by atoms with E-state index in [9.17, 15) is 26.4 Å². The average Bonchev–Trinajstić information content (AvgIpc) is 3.92. The van der Waals surface area contributed by atoms with Gasteiger partial charge in [0.2, 0.25) is 0 Å². The Bertz CT molecular complexity index is 3020. The van der Waals surface area contributed by atoms with Crippen LogP contribution in [0.5, 0.6) is 0 Å². The zero-order valence-corrected chi connectivity index (χ0v) is 40.5. The monoisotopic (exact) mass is 963 g/mol. The van der Waals surface area contributed by atoms with Crippen molar-refractivity contribution in [1.29, 1.82) is 0 Å². The Morgan fingerprint density at radius 1 is 0.687 bits per heavy atom. The summed E-state index contributed by atoms with van der Waals surface area (Å²) in [6.07, 6.45) is 3.65. The number of urea groups is 2. The van der Waals surface area contributed by atoms with Crippen molar-refractivity contribution in [1.82, 2.24) is 53.6 Å². The molecule has 0 saturated heterocycles. The smallest absolute Gasteiger partial charge is 0.306 e. The molecule has 6 rings (SSSR count). The molecule has 0 aliphatic heterocycles. The highest BCUT2D eigenvalue weighted by Gasteiger charge is 2.28. The molecule has 6 aromatic rings. The van der Waals surface area contributed by atoms with E-state index in [1.54, 1.807) is 53.2 Å². The minimum absolute atomic E-state index is 0.152. The molecule has 23 heteroatoms. The molecule has 19 nitrogen and oxygen atoms in total. The molecule has 67 heavy (non-hydrogen) atoms. The number of aryl methyl sites for hydroxylation is 4. The van der Waals surface area contributed by atoms with E-state index in [0.717, 1.165) is 0 Å². The van der Waals surface area contributed by atoms with Crippen molar-refractivity contribution in [2.24, 2.45) is 21.1 Å². The number of hydrogen-bond donors (Lipinski definition) is 4. The Hall–Kier alpha value is -6.56. The molecule has 0 aliphatic rings. The number of carbonyl (C=O) groups is 2. The number of aromatic nitrogens is 7. The summed E-state index contributed by atoms with van der Waals surface area (Å²) in [5, 5.41) is 17.5. The van der Waals surface area contributed by atoms with Crippen molar-refractivity contribution in [2.45, 2.75) is 68.6 Å². The number of nitrogens with zero attached hydrogens (tertiary/aromatic N) is 9. The van der Waals surface area contributed by atoms with Crippen LogP contribution in [0, 0.1) is 11.6 Å². The number of sulfonamides is 2. The summed E-state index contributed by atoms with van der Waals surface area (Å²) in [6.45, 7) is 6.22. The number of halogens is 2. The SMILES string of the molecule is CC(C)c1cc(F)cc(-c2cc(CCC(C)c3cc(F)cc(-c4cccnc4)c3NC(=O)NS(=O)(=O)c3cc(CN(C)C)n(C)n3)nn2C)c1NC(=O)NS(=O)(=O)c1cc(CN(C)C)n(C)n1. The van der Waals surface area contributed by atoms with Gasteiger partial charge in [-0.2, -0.15) is 32.1 Å². The Balaban J connectivity index is 1.26. The number of pyridine rings is 1. The zero-order valence-electron chi connectivity index (χ0n) is 38.9. The van der Waals surface area contributed by atoms with Gasteiger partial charge in [-0.15, -0.1) is 0 Å². The molecular formula is C44H55F2N13O6S2. The van der Waals surface area contributed by atoms with Gasteiger partial charge in [-0.25, -0.2) is 27.8 Å². The van der Waals surface area contributed by atoms with Crippen LogP contribution in [0.25, 0.3) is 22.4 Å². The van der Waals surface area contributed by atoms with Gasteiger partial charge in [0, 0.05) is 75.4 Å². The quantitative estimate of drug-likeness (QED) is 0.0840. The Kier molecular flexibility index (Phi) is 15.0. The fraction of sp³-hybridized carbons (Fsp3) is 0.364. The molecule has 0 saturated carbocycles. The van der Waals surface area contributed by atoms with Crippen LogP contribution in [0.2, 0.25) is 0 Å². The summed E-state index contributed by atoms with van der Waals surface area (Å²) in [5.41, 5.74) is 4.14. The second-order valence-corrected chi connectivity index (χ2v) is 20.4.